The van der Waals surface area contributed by atoms with Crippen molar-refractivity contribution < 1.29 is 0 Å². The van der Waals surface area contributed by atoms with Gasteiger partial charge in [-0.15, -0.1) is 0 Å². The third-order valence-corrected chi connectivity index (χ3v) is 2.70. The van der Waals surface area contributed by atoms with Crippen LogP contribution in [0.5, 0.6) is 0 Å². The highest BCUT2D eigenvalue weighted by atomic mass is 15.3. The van der Waals surface area contributed by atoms with Gasteiger partial charge in [-0.2, -0.15) is 4.98 Å². The molecule has 0 radical (unpaired) electrons. The topological polar surface area (TPSA) is 67.1 Å². The van der Waals surface area contributed by atoms with Crippen molar-refractivity contribution in [1.29, 1.82) is 0 Å². The molecule has 0 saturated carbocycles. The number of anilines is 2. The molecule has 90 valence electrons. The van der Waals surface area contributed by atoms with Gasteiger partial charge in [-0.25, -0.2) is 10.8 Å². The smallest absolute Gasteiger partial charge is 0.239 e. The van der Waals surface area contributed by atoms with Gasteiger partial charge in [0.25, 0.3) is 0 Å². The molecular formula is C11H21N5. The van der Waals surface area contributed by atoms with Gasteiger partial charge in [-0.1, -0.05) is 20.3 Å². The van der Waals surface area contributed by atoms with E-state index in [9.17, 15) is 0 Å². The predicted molar refractivity (Wildman–Crippen MR) is 67.2 cm³/mol. The zero-order chi connectivity index (χ0) is 12.0. The molecule has 0 aliphatic carbocycles. The summed E-state index contributed by atoms with van der Waals surface area (Å²) in [5.74, 6) is 7.33. The lowest BCUT2D eigenvalue weighted by Crippen LogP contribution is -2.29. The Hall–Kier alpha value is -1.36. The molecular weight excluding hydrogens is 202 g/mol. The highest BCUT2D eigenvalue weighted by Crippen LogP contribution is 2.14. The van der Waals surface area contributed by atoms with E-state index < -0.39 is 0 Å². The summed E-state index contributed by atoms with van der Waals surface area (Å²) in [4.78, 5) is 10.6. The maximum atomic E-state index is 5.29. The second-order valence-corrected chi connectivity index (χ2v) is 3.93. The van der Waals surface area contributed by atoms with E-state index in [-0.39, 0.29) is 0 Å². The van der Waals surface area contributed by atoms with Crippen molar-refractivity contribution in [1.82, 2.24) is 9.97 Å². The van der Waals surface area contributed by atoms with Gasteiger partial charge >= 0.3 is 0 Å². The van der Waals surface area contributed by atoms with E-state index >= 15 is 0 Å². The van der Waals surface area contributed by atoms with Crippen LogP contribution in [0.1, 0.15) is 27.2 Å². The van der Waals surface area contributed by atoms with Crippen molar-refractivity contribution in [3.8, 4) is 0 Å². The maximum Gasteiger partial charge on any atom is 0.239 e. The fourth-order valence-corrected chi connectivity index (χ4v) is 1.48. The van der Waals surface area contributed by atoms with Crippen molar-refractivity contribution in [2.24, 2.45) is 11.8 Å². The summed E-state index contributed by atoms with van der Waals surface area (Å²) >= 11 is 0. The lowest BCUT2D eigenvalue weighted by atomic mass is 10.1. The molecule has 0 aliphatic heterocycles. The summed E-state index contributed by atoms with van der Waals surface area (Å²) in [6.07, 6.45) is 2.89. The quantitative estimate of drug-likeness (QED) is 0.567. The van der Waals surface area contributed by atoms with Crippen molar-refractivity contribution in [3.63, 3.8) is 0 Å². The van der Waals surface area contributed by atoms with Crippen LogP contribution in [0.2, 0.25) is 0 Å². The molecule has 0 spiro atoms. The zero-order valence-electron chi connectivity index (χ0n) is 10.3. The Morgan fingerprint density at radius 3 is 2.81 bits per heavy atom. The van der Waals surface area contributed by atoms with Gasteiger partial charge < -0.3 is 4.90 Å². The van der Waals surface area contributed by atoms with E-state index in [4.69, 9.17) is 5.84 Å². The van der Waals surface area contributed by atoms with Crippen LogP contribution in [-0.4, -0.2) is 23.1 Å². The Bertz CT molecular complexity index is 315. The van der Waals surface area contributed by atoms with E-state index in [2.05, 4.69) is 41.1 Å². The number of hydrazine groups is 1. The van der Waals surface area contributed by atoms with Crippen molar-refractivity contribution in [3.05, 3.63) is 12.3 Å². The molecule has 0 saturated heterocycles. The number of aromatic nitrogens is 2. The Labute approximate surface area is 97.0 Å². The molecule has 5 nitrogen and oxygen atoms in total. The number of nitrogens with zero attached hydrogens (tertiary/aromatic N) is 3. The van der Waals surface area contributed by atoms with Gasteiger partial charge in [0.15, 0.2) is 0 Å². The first-order chi connectivity index (χ1) is 7.71. The van der Waals surface area contributed by atoms with Gasteiger partial charge in [-0.3, -0.25) is 5.43 Å². The minimum absolute atomic E-state index is 0.458. The van der Waals surface area contributed by atoms with E-state index in [1.165, 1.54) is 6.42 Å². The van der Waals surface area contributed by atoms with E-state index in [1.54, 1.807) is 6.20 Å². The third-order valence-electron chi connectivity index (χ3n) is 2.70. The minimum Gasteiger partial charge on any atom is -0.356 e. The van der Waals surface area contributed by atoms with Gasteiger partial charge in [0, 0.05) is 19.3 Å². The zero-order valence-corrected chi connectivity index (χ0v) is 10.3. The number of rotatable bonds is 6. The summed E-state index contributed by atoms with van der Waals surface area (Å²) in [5, 5.41) is 0. The number of nitrogens with two attached hydrogens (primary N) is 1. The Morgan fingerprint density at radius 1 is 1.50 bits per heavy atom. The molecule has 0 aliphatic rings. The van der Waals surface area contributed by atoms with E-state index in [1.807, 2.05) is 6.07 Å². The first-order valence-corrected chi connectivity index (χ1v) is 5.75. The molecule has 1 aromatic heterocycles. The standard InChI is InChI=1S/C11H21N5/c1-4-9(3)8-16(5-2)10-6-7-13-11(14-10)15-12/h6-7,9H,4-5,8,12H2,1-3H3,(H,13,14,15). The monoisotopic (exact) mass is 223 g/mol. The summed E-state index contributed by atoms with van der Waals surface area (Å²) in [6.45, 7) is 8.51. The molecule has 1 heterocycles. The molecule has 0 amide bonds. The molecule has 0 bridgehead atoms. The SMILES string of the molecule is CCC(C)CN(CC)c1ccnc(NN)n1. The minimum atomic E-state index is 0.458. The second kappa shape index (κ2) is 6.27. The first-order valence-electron chi connectivity index (χ1n) is 5.75. The van der Waals surface area contributed by atoms with Gasteiger partial charge in [0.05, 0.1) is 0 Å². The van der Waals surface area contributed by atoms with Crippen molar-refractivity contribution in [2.75, 3.05) is 23.4 Å². The largest absolute Gasteiger partial charge is 0.356 e. The second-order valence-electron chi connectivity index (χ2n) is 3.93. The molecule has 5 heteroatoms. The van der Waals surface area contributed by atoms with Crippen molar-refractivity contribution >= 4 is 11.8 Å². The molecule has 1 atom stereocenters. The Kier molecular flexibility index (Phi) is 4.98. The fourth-order valence-electron chi connectivity index (χ4n) is 1.48. The number of nitrogens with one attached hydrogen (secondary N) is 1. The summed E-state index contributed by atoms with van der Waals surface area (Å²) in [6, 6.07) is 1.91. The van der Waals surface area contributed by atoms with E-state index in [0.29, 0.717) is 11.9 Å². The average molecular weight is 223 g/mol. The van der Waals surface area contributed by atoms with Crippen LogP contribution in [0.15, 0.2) is 12.3 Å². The summed E-state index contributed by atoms with van der Waals surface area (Å²) < 4.78 is 0. The molecule has 0 fully saturated rings. The van der Waals surface area contributed by atoms with Gasteiger partial charge in [0.1, 0.15) is 5.82 Å². The average Bonchev–Trinajstić information content (AvgIpc) is 2.35. The van der Waals surface area contributed by atoms with Crippen LogP contribution in [-0.2, 0) is 0 Å². The van der Waals surface area contributed by atoms with Gasteiger partial charge in [-0.05, 0) is 18.9 Å². The lowest BCUT2D eigenvalue weighted by Gasteiger charge is -2.25. The Morgan fingerprint density at radius 2 is 2.25 bits per heavy atom. The predicted octanol–water partition coefficient (Wildman–Crippen LogP) is 1.63. The highest BCUT2D eigenvalue weighted by Gasteiger charge is 2.10. The fraction of sp³-hybridized carbons (Fsp3) is 0.636. The highest BCUT2D eigenvalue weighted by molar-refractivity contribution is 5.41. The van der Waals surface area contributed by atoms with Crippen LogP contribution >= 0.6 is 0 Å². The van der Waals surface area contributed by atoms with Crippen LogP contribution in [0, 0.1) is 5.92 Å². The van der Waals surface area contributed by atoms with Gasteiger partial charge in [0.2, 0.25) is 5.95 Å². The Balaban J connectivity index is 2.77. The molecule has 1 aromatic rings. The number of hydrogen-bond donors (Lipinski definition) is 2. The van der Waals surface area contributed by atoms with E-state index in [0.717, 1.165) is 18.9 Å². The van der Waals surface area contributed by atoms with Crippen LogP contribution in [0.4, 0.5) is 11.8 Å². The first kappa shape index (κ1) is 12.7. The van der Waals surface area contributed by atoms with Crippen LogP contribution in [0.25, 0.3) is 0 Å². The van der Waals surface area contributed by atoms with Crippen LogP contribution in [0.3, 0.4) is 0 Å². The normalized spacial score (nSPS) is 12.2. The molecule has 16 heavy (non-hydrogen) atoms. The molecule has 1 unspecified atom stereocenters. The molecule has 0 aromatic carbocycles. The summed E-state index contributed by atoms with van der Waals surface area (Å²) in [7, 11) is 0. The summed E-state index contributed by atoms with van der Waals surface area (Å²) in [5.41, 5.74) is 2.46. The lowest BCUT2D eigenvalue weighted by molar-refractivity contribution is 0.545. The van der Waals surface area contributed by atoms with Crippen molar-refractivity contribution in [2.45, 2.75) is 27.2 Å². The number of nitrogen functional groups attached to an aromatic ring is 1. The molecule has 3 N–H and O–H groups in total. The maximum absolute atomic E-state index is 5.29. The third kappa shape index (κ3) is 3.34. The van der Waals surface area contributed by atoms with Crippen LogP contribution < -0.4 is 16.2 Å². The number of hydrogen-bond acceptors (Lipinski definition) is 5. The molecule has 1 rings (SSSR count).